The summed E-state index contributed by atoms with van der Waals surface area (Å²) in [6.07, 6.45) is 0. The summed E-state index contributed by atoms with van der Waals surface area (Å²) in [6.45, 7) is 6.74. The summed E-state index contributed by atoms with van der Waals surface area (Å²) in [4.78, 5) is 15.1. The Morgan fingerprint density at radius 1 is 1.53 bits per heavy atom. The number of hydrogen-bond donors (Lipinski definition) is 0. The Morgan fingerprint density at radius 3 is 2.65 bits per heavy atom. The highest BCUT2D eigenvalue weighted by molar-refractivity contribution is 9.11. The zero-order valence-electron chi connectivity index (χ0n) is 10.6. The molecule has 0 aliphatic heterocycles. The van der Waals surface area contributed by atoms with Crippen LogP contribution in [0.25, 0.3) is 0 Å². The molecule has 0 aliphatic rings. The van der Waals surface area contributed by atoms with Crippen LogP contribution in [0.5, 0.6) is 0 Å². The van der Waals surface area contributed by atoms with Gasteiger partial charge in [-0.25, -0.2) is 0 Å². The van der Waals surface area contributed by atoms with Crippen LogP contribution in [0.4, 0.5) is 0 Å². The van der Waals surface area contributed by atoms with Crippen LogP contribution >= 0.6 is 27.3 Å². The predicted molar refractivity (Wildman–Crippen MR) is 74.2 cm³/mol. The number of hydrogen-bond acceptors (Lipinski definition) is 4. The summed E-state index contributed by atoms with van der Waals surface area (Å²) < 4.78 is 6.19. The third-order valence-electron chi connectivity index (χ3n) is 2.75. The topological polar surface area (TPSA) is 29.5 Å². The van der Waals surface area contributed by atoms with Crippen molar-refractivity contribution >= 4 is 33.2 Å². The van der Waals surface area contributed by atoms with E-state index in [9.17, 15) is 4.79 Å². The highest BCUT2D eigenvalue weighted by atomic mass is 79.9. The molecule has 0 radical (unpaired) electrons. The van der Waals surface area contributed by atoms with E-state index >= 15 is 0 Å². The van der Waals surface area contributed by atoms with Gasteiger partial charge in [0.15, 0.2) is 0 Å². The van der Waals surface area contributed by atoms with Crippen molar-refractivity contribution in [3.63, 3.8) is 0 Å². The second-order valence-electron chi connectivity index (χ2n) is 4.34. The first-order valence-corrected chi connectivity index (χ1v) is 7.11. The molecule has 0 aliphatic carbocycles. The Hall–Kier alpha value is -0.390. The van der Waals surface area contributed by atoms with E-state index < -0.39 is 5.54 Å². The molecule has 1 aromatic heterocycles. The molecule has 0 amide bonds. The molecular formula is C12H18BrNO2S. The highest BCUT2D eigenvalue weighted by Gasteiger charge is 2.33. The first kappa shape index (κ1) is 14.7. The van der Waals surface area contributed by atoms with Crippen LogP contribution in [0.15, 0.2) is 15.9 Å². The minimum Gasteiger partial charge on any atom is -0.465 e. The maximum atomic E-state index is 11.8. The van der Waals surface area contributed by atoms with E-state index in [0.29, 0.717) is 6.61 Å². The van der Waals surface area contributed by atoms with Crippen LogP contribution in [-0.4, -0.2) is 30.1 Å². The van der Waals surface area contributed by atoms with Crippen molar-refractivity contribution in [1.29, 1.82) is 0 Å². The van der Waals surface area contributed by atoms with Crippen molar-refractivity contribution < 1.29 is 9.53 Å². The lowest BCUT2D eigenvalue weighted by molar-refractivity contribution is -0.155. The van der Waals surface area contributed by atoms with Gasteiger partial charge in [-0.2, -0.15) is 0 Å². The van der Waals surface area contributed by atoms with Crippen molar-refractivity contribution in [1.82, 2.24) is 4.90 Å². The molecule has 5 heteroatoms. The van der Waals surface area contributed by atoms with Crippen LogP contribution in [0.3, 0.4) is 0 Å². The Bertz CT molecular complexity index is 390. The number of halogens is 1. The summed E-state index contributed by atoms with van der Waals surface area (Å²) >= 11 is 5.11. The van der Waals surface area contributed by atoms with Crippen molar-refractivity contribution in [2.45, 2.75) is 32.9 Å². The summed E-state index contributed by atoms with van der Waals surface area (Å²) in [5.74, 6) is -0.182. The van der Waals surface area contributed by atoms with Gasteiger partial charge in [0.25, 0.3) is 0 Å². The summed E-state index contributed by atoms with van der Waals surface area (Å²) in [5, 5.41) is 0. The van der Waals surface area contributed by atoms with Gasteiger partial charge in [-0.15, -0.1) is 11.3 Å². The molecule has 0 unspecified atom stereocenters. The highest BCUT2D eigenvalue weighted by Crippen LogP contribution is 2.25. The molecule has 0 atom stereocenters. The van der Waals surface area contributed by atoms with Gasteiger partial charge in [-0.1, -0.05) is 0 Å². The van der Waals surface area contributed by atoms with Crippen molar-refractivity contribution in [2.75, 3.05) is 13.7 Å². The van der Waals surface area contributed by atoms with E-state index in [2.05, 4.69) is 22.0 Å². The van der Waals surface area contributed by atoms with Crippen LogP contribution in [-0.2, 0) is 16.1 Å². The minimum absolute atomic E-state index is 0.182. The first-order chi connectivity index (χ1) is 7.87. The average molecular weight is 320 g/mol. The minimum atomic E-state index is -0.605. The van der Waals surface area contributed by atoms with E-state index in [4.69, 9.17) is 4.74 Å². The maximum absolute atomic E-state index is 11.8. The Morgan fingerprint density at radius 2 is 2.18 bits per heavy atom. The Kier molecular flexibility index (Phi) is 5.16. The van der Waals surface area contributed by atoms with Gasteiger partial charge in [0.1, 0.15) is 5.54 Å². The molecule has 0 fully saturated rings. The van der Waals surface area contributed by atoms with E-state index in [-0.39, 0.29) is 5.97 Å². The normalized spacial score (nSPS) is 11.9. The number of carbonyl (C=O) groups is 1. The third-order valence-corrected chi connectivity index (χ3v) is 4.36. The number of likely N-dealkylation sites (N-methyl/N-ethyl adjacent to an activating group) is 1. The molecule has 1 heterocycles. The largest absolute Gasteiger partial charge is 0.465 e. The standard InChI is InChI=1S/C12H18BrNO2S/c1-5-16-11(15)12(2,3)14(4)8-9-6-7-10(13)17-9/h6-7H,5,8H2,1-4H3. The van der Waals surface area contributed by atoms with Gasteiger partial charge in [-0.05, 0) is 55.9 Å². The van der Waals surface area contributed by atoms with Gasteiger partial charge in [0.2, 0.25) is 0 Å². The van der Waals surface area contributed by atoms with E-state index in [1.807, 2.05) is 38.8 Å². The van der Waals surface area contributed by atoms with Crippen LogP contribution < -0.4 is 0 Å². The summed E-state index contributed by atoms with van der Waals surface area (Å²) in [7, 11) is 1.94. The zero-order valence-corrected chi connectivity index (χ0v) is 13.0. The molecule has 0 spiro atoms. The molecule has 0 bridgehead atoms. The lowest BCUT2D eigenvalue weighted by atomic mass is 10.0. The first-order valence-electron chi connectivity index (χ1n) is 5.50. The molecule has 0 saturated heterocycles. The summed E-state index contributed by atoms with van der Waals surface area (Å²) in [6, 6.07) is 4.08. The number of esters is 1. The summed E-state index contributed by atoms with van der Waals surface area (Å²) in [5.41, 5.74) is -0.605. The lowest BCUT2D eigenvalue weighted by Crippen LogP contribution is -2.48. The lowest BCUT2D eigenvalue weighted by Gasteiger charge is -2.32. The van der Waals surface area contributed by atoms with Gasteiger partial charge < -0.3 is 4.74 Å². The number of thiophene rings is 1. The quantitative estimate of drug-likeness (QED) is 0.780. The number of nitrogens with zero attached hydrogens (tertiary/aromatic N) is 1. The molecule has 96 valence electrons. The van der Waals surface area contributed by atoms with Gasteiger partial charge in [0, 0.05) is 11.4 Å². The molecule has 0 N–H and O–H groups in total. The van der Waals surface area contributed by atoms with Gasteiger partial charge in [0.05, 0.1) is 10.4 Å². The molecule has 17 heavy (non-hydrogen) atoms. The zero-order chi connectivity index (χ0) is 13.1. The van der Waals surface area contributed by atoms with E-state index in [0.717, 1.165) is 10.3 Å². The number of carbonyl (C=O) groups excluding carboxylic acids is 1. The van der Waals surface area contributed by atoms with Gasteiger partial charge in [-0.3, -0.25) is 9.69 Å². The maximum Gasteiger partial charge on any atom is 0.325 e. The van der Waals surface area contributed by atoms with E-state index in [1.165, 1.54) is 4.88 Å². The molecule has 0 aromatic carbocycles. The SMILES string of the molecule is CCOC(=O)C(C)(C)N(C)Cc1ccc(Br)s1. The predicted octanol–water partition coefficient (Wildman–Crippen LogP) is 3.28. The molecule has 3 nitrogen and oxygen atoms in total. The second kappa shape index (κ2) is 5.98. The monoisotopic (exact) mass is 319 g/mol. The van der Waals surface area contributed by atoms with E-state index in [1.54, 1.807) is 11.3 Å². The van der Waals surface area contributed by atoms with Crippen LogP contribution in [0, 0.1) is 0 Å². The van der Waals surface area contributed by atoms with Crippen molar-refractivity contribution in [3.8, 4) is 0 Å². The van der Waals surface area contributed by atoms with Crippen LogP contribution in [0.1, 0.15) is 25.6 Å². The van der Waals surface area contributed by atoms with Crippen molar-refractivity contribution in [3.05, 3.63) is 20.8 Å². The Labute approximate surface area is 115 Å². The Balaban J connectivity index is 2.68. The second-order valence-corrected chi connectivity index (χ2v) is 6.89. The average Bonchev–Trinajstić information content (AvgIpc) is 2.64. The van der Waals surface area contributed by atoms with Crippen molar-refractivity contribution in [2.24, 2.45) is 0 Å². The number of rotatable bonds is 5. The fourth-order valence-electron chi connectivity index (χ4n) is 1.33. The smallest absolute Gasteiger partial charge is 0.325 e. The molecule has 1 aromatic rings. The van der Waals surface area contributed by atoms with Crippen LogP contribution in [0.2, 0.25) is 0 Å². The third kappa shape index (κ3) is 3.79. The number of ether oxygens (including phenoxy) is 1. The molecule has 1 rings (SSSR count). The van der Waals surface area contributed by atoms with Gasteiger partial charge >= 0.3 is 5.97 Å². The molecule has 0 saturated carbocycles. The molecular weight excluding hydrogens is 302 g/mol. The fraction of sp³-hybridized carbons (Fsp3) is 0.583. The fourth-order valence-corrected chi connectivity index (χ4v) is 2.87.